The second-order valence-electron chi connectivity index (χ2n) is 6.96. The third-order valence-corrected chi connectivity index (χ3v) is 4.51. The fraction of sp³-hybridized carbons (Fsp3) is 0.208. The molecule has 7 nitrogen and oxygen atoms in total. The van der Waals surface area contributed by atoms with Gasteiger partial charge in [0, 0.05) is 31.5 Å². The number of aromatic nitrogens is 1. The van der Waals surface area contributed by atoms with Crippen LogP contribution in [-0.4, -0.2) is 25.2 Å². The van der Waals surface area contributed by atoms with Gasteiger partial charge in [-0.1, -0.05) is 0 Å². The summed E-state index contributed by atoms with van der Waals surface area (Å²) in [6.45, 7) is 4.97. The van der Waals surface area contributed by atoms with E-state index in [1.165, 1.54) is 0 Å². The van der Waals surface area contributed by atoms with Crippen LogP contribution < -0.4 is 15.4 Å². The maximum absolute atomic E-state index is 9.17. The van der Waals surface area contributed by atoms with Crippen molar-refractivity contribution in [3.63, 3.8) is 0 Å². The molecule has 0 radical (unpaired) electrons. The molecule has 3 rings (SSSR count). The number of nitrogens with zero attached hydrogens (tertiary/aromatic N) is 3. The van der Waals surface area contributed by atoms with Gasteiger partial charge in [-0.2, -0.15) is 10.5 Å². The van der Waals surface area contributed by atoms with E-state index in [9.17, 15) is 5.26 Å². The lowest BCUT2D eigenvalue weighted by atomic mass is 10.1. The highest BCUT2D eigenvalue weighted by molar-refractivity contribution is 5.62. The lowest BCUT2D eigenvalue weighted by molar-refractivity contribution is 0.210. The number of anilines is 3. The summed E-state index contributed by atoms with van der Waals surface area (Å²) in [6.07, 6.45) is 0. The van der Waals surface area contributed by atoms with Gasteiger partial charge >= 0.3 is 0 Å². The van der Waals surface area contributed by atoms with E-state index in [0.717, 1.165) is 16.8 Å². The second kappa shape index (κ2) is 10.1. The van der Waals surface area contributed by atoms with Crippen LogP contribution in [0.2, 0.25) is 0 Å². The van der Waals surface area contributed by atoms with Gasteiger partial charge in [0.1, 0.15) is 23.1 Å². The van der Waals surface area contributed by atoms with E-state index in [2.05, 4.69) is 27.8 Å². The minimum atomic E-state index is 0.541. The summed E-state index contributed by atoms with van der Waals surface area (Å²) in [6, 6.07) is 18.6. The van der Waals surface area contributed by atoms with E-state index in [0.29, 0.717) is 47.4 Å². The molecule has 2 aromatic carbocycles. The number of hydrogen-bond donors (Lipinski definition) is 2. The van der Waals surface area contributed by atoms with Crippen LogP contribution in [0.5, 0.6) is 11.5 Å². The normalized spacial score (nSPS) is 10.1. The largest absolute Gasteiger partial charge is 0.457 e. The Bertz CT molecular complexity index is 1120. The lowest BCUT2D eigenvalue weighted by Gasteiger charge is -2.15. The number of nitrogens with one attached hydrogen (secondary N) is 2. The Hall–Kier alpha value is -4.07. The molecule has 3 aromatic rings. The van der Waals surface area contributed by atoms with E-state index < -0.39 is 0 Å². The summed E-state index contributed by atoms with van der Waals surface area (Å²) < 4.78 is 11.3. The quantitative estimate of drug-likeness (QED) is 0.499. The van der Waals surface area contributed by atoms with E-state index >= 15 is 0 Å². The average molecular weight is 413 g/mol. The molecule has 0 spiro atoms. The smallest absolute Gasteiger partial charge is 0.136 e. The van der Waals surface area contributed by atoms with Crippen molar-refractivity contribution in [3.05, 3.63) is 70.8 Å². The van der Waals surface area contributed by atoms with E-state index in [4.69, 9.17) is 14.7 Å². The molecule has 0 atom stereocenters. The Morgan fingerprint density at radius 1 is 0.903 bits per heavy atom. The summed E-state index contributed by atoms with van der Waals surface area (Å²) in [5.74, 6) is 2.53. The van der Waals surface area contributed by atoms with Crippen molar-refractivity contribution in [1.82, 2.24) is 4.98 Å². The molecule has 0 saturated heterocycles. The van der Waals surface area contributed by atoms with Crippen molar-refractivity contribution in [2.75, 3.05) is 30.9 Å². The average Bonchev–Trinajstić information content (AvgIpc) is 2.77. The first-order chi connectivity index (χ1) is 15.0. The van der Waals surface area contributed by atoms with Gasteiger partial charge in [-0.3, -0.25) is 0 Å². The first kappa shape index (κ1) is 21.6. The number of nitriles is 2. The monoisotopic (exact) mass is 413 g/mol. The maximum atomic E-state index is 9.17. The van der Waals surface area contributed by atoms with Crippen LogP contribution in [-0.2, 0) is 4.74 Å². The van der Waals surface area contributed by atoms with Gasteiger partial charge in [-0.05, 0) is 61.4 Å². The minimum Gasteiger partial charge on any atom is -0.457 e. The van der Waals surface area contributed by atoms with Crippen molar-refractivity contribution in [3.8, 4) is 23.6 Å². The van der Waals surface area contributed by atoms with Crippen molar-refractivity contribution >= 4 is 17.3 Å². The molecule has 1 heterocycles. The number of methoxy groups -OCH3 is 1. The van der Waals surface area contributed by atoms with Gasteiger partial charge in [0.05, 0.1) is 29.9 Å². The Balaban J connectivity index is 1.91. The van der Waals surface area contributed by atoms with Crippen LogP contribution in [0.1, 0.15) is 22.3 Å². The predicted molar refractivity (Wildman–Crippen MR) is 120 cm³/mol. The molecule has 156 valence electrons. The molecule has 31 heavy (non-hydrogen) atoms. The minimum absolute atomic E-state index is 0.541. The van der Waals surface area contributed by atoms with E-state index in [1.807, 2.05) is 32.0 Å². The van der Waals surface area contributed by atoms with Crippen LogP contribution in [0.25, 0.3) is 0 Å². The number of hydrogen-bond acceptors (Lipinski definition) is 7. The molecule has 0 bridgehead atoms. The maximum Gasteiger partial charge on any atom is 0.136 e. The standard InChI is InChI=1S/C24H23N5O2/c1-16-10-19(15-26)11-17(2)24(16)31-21-12-22(27-8-9-30-3)29-23(13-21)28-20-6-4-18(14-25)5-7-20/h4-7,10-13H,8-9H2,1-3H3,(H2,27,28,29). The molecule has 0 aliphatic heterocycles. The summed E-state index contributed by atoms with van der Waals surface area (Å²) in [7, 11) is 1.64. The molecule has 0 saturated carbocycles. The van der Waals surface area contributed by atoms with Crippen molar-refractivity contribution in [2.45, 2.75) is 13.8 Å². The summed E-state index contributed by atoms with van der Waals surface area (Å²) in [5, 5.41) is 24.6. The van der Waals surface area contributed by atoms with Gasteiger partial charge in [0.15, 0.2) is 0 Å². The van der Waals surface area contributed by atoms with Gasteiger partial charge in [-0.25, -0.2) is 4.98 Å². The second-order valence-corrected chi connectivity index (χ2v) is 6.96. The third kappa shape index (κ3) is 5.72. The van der Waals surface area contributed by atoms with Crippen LogP contribution in [0.3, 0.4) is 0 Å². The van der Waals surface area contributed by atoms with Gasteiger partial charge in [-0.15, -0.1) is 0 Å². The first-order valence-electron chi connectivity index (χ1n) is 9.73. The predicted octanol–water partition coefficient (Wildman–Crippen LogP) is 5.04. The fourth-order valence-electron chi connectivity index (χ4n) is 3.07. The van der Waals surface area contributed by atoms with Crippen molar-refractivity contribution < 1.29 is 9.47 Å². The lowest BCUT2D eigenvalue weighted by Crippen LogP contribution is -2.09. The molecule has 2 N–H and O–H groups in total. The molecule has 1 aromatic heterocycles. The van der Waals surface area contributed by atoms with Crippen LogP contribution in [0, 0.1) is 36.5 Å². The highest BCUT2D eigenvalue weighted by Crippen LogP contribution is 2.32. The molecule has 0 amide bonds. The van der Waals surface area contributed by atoms with Crippen molar-refractivity contribution in [1.29, 1.82) is 10.5 Å². The fourth-order valence-corrected chi connectivity index (χ4v) is 3.07. The molecule has 0 aliphatic rings. The summed E-state index contributed by atoms with van der Waals surface area (Å²) >= 11 is 0. The van der Waals surface area contributed by atoms with Crippen LogP contribution >= 0.6 is 0 Å². The summed E-state index contributed by atoms with van der Waals surface area (Å²) in [5.41, 5.74) is 3.75. The SMILES string of the molecule is COCCNc1cc(Oc2c(C)cc(C#N)cc2C)cc(Nc2ccc(C#N)cc2)n1. The number of benzene rings is 2. The van der Waals surface area contributed by atoms with Crippen LogP contribution in [0.15, 0.2) is 48.5 Å². The third-order valence-electron chi connectivity index (χ3n) is 4.51. The number of ether oxygens (including phenoxy) is 2. The van der Waals surface area contributed by atoms with E-state index in [1.54, 1.807) is 37.4 Å². The van der Waals surface area contributed by atoms with E-state index in [-0.39, 0.29) is 0 Å². The molecule has 0 aliphatic carbocycles. The number of pyridine rings is 1. The molecular weight excluding hydrogens is 390 g/mol. The zero-order chi connectivity index (χ0) is 22.2. The number of aryl methyl sites for hydroxylation is 2. The Morgan fingerprint density at radius 3 is 2.16 bits per heavy atom. The Kier molecular flexibility index (Phi) is 7.05. The first-order valence-corrected chi connectivity index (χ1v) is 9.73. The highest BCUT2D eigenvalue weighted by Gasteiger charge is 2.11. The molecule has 0 unspecified atom stereocenters. The summed E-state index contributed by atoms with van der Waals surface area (Å²) in [4.78, 5) is 4.59. The molecule has 0 fully saturated rings. The highest BCUT2D eigenvalue weighted by atomic mass is 16.5. The Labute approximate surface area is 181 Å². The van der Waals surface area contributed by atoms with Gasteiger partial charge < -0.3 is 20.1 Å². The Morgan fingerprint density at radius 2 is 1.55 bits per heavy atom. The zero-order valence-corrected chi connectivity index (χ0v) is 17.7. The topological polar surface area (TPSA) is 103 Å². The zero-order valence-electron chi connectivity index (χ0n) is 17.7. The van der Waals surface area contributed by atoms with Gasteiger partial charge in [0.25, 0.3) is 0 Å². The van der Waals surface area contributed by atoms with Crippen LogP contribution in [0.4, 0.5) is 17.3 Å². The number of rotatable bonds is 8. The van der Waals surface area contributed by atoms with Gasteiger partial charge in [0.2, 0.25) is 0 Å². The van der Waals surface area contributed by atoms with Crippen molar-refractivity contribution in [2.24, 2.45) is 0 Å². The molecular formula is C24H23N5O2. The molecule has 7 heteroatoms.